The average molecular weight is 365 g/mol. The number of carbonyl (C=O) groups excluding carboxylic acids is 2. The second-order valence-electron chi connectivity index (χ2n) is 7.28. The number of benzene rings is 2. The van der Waals surface area contributed by atoms with Crippen LogP contribution in [0.1, 0.15) is 56.3 Å². The quantitative estimate of drug-likeness (QED) is 0.706. The monoisotopic (exact) mass is 365 g/mol. The maximum absolute atomic E-state index is 13.1. The first kappa shape index (κ1) is 19.2. The molecule has 0 aromatic heterocycles. The van der Waals surface area contributed by atoms with Crippen LogP contribution in [0.4, 0.5) is 0 Å². The van der Waals surface area contributed by atoms with E-state index in [-0.39, 0.29) is 23.8 Å². The predicted octanol–water partition coefficient (Wildman–Crippen LogP) is 4.38. The van der Waals surface area contributed by atoms with Gasteiger partial charge in [0.05, 0.1) is 5.92 Å². The number of carbonyl (C=O) groups is 2. The van der Waals surface area contributed by atoms with E-state index in [1.807, 2.05) is 67.6 Å². The molecule has 4 heteroatoms. The summed E-state index contributed by atoms with van der Waals surface area (Å²) in [6.07, 6.45) is 1.90. The van der Waals surface area contributed by atoms with E-state index in [4.69, 9.17) is 4.74 Å². The van der Waals surface area contributed by atoms with Gasteiger partial charge in [0.2, 0.25) is 6.10 Å². The predicted molar refractivity (Wildman–Crippen MR) is 105 cm³/mol. The number of hydrogen-bond acceptors (Lipinski definition) is 3. The number of amides is 1. The highest BCUT2D eigenvalue weighted by atomic mass is 16.5. The van der Waals surface area contributed by atoms with E-state index in [0.29, 0.717) is 5.56 Å². The summed E-state index contributed by atoms with van der Waals surface area (Å²) in [5, 5.41) is 2.96. The maximum atomic E-state index is 13.1. The third-order valence-corrected chi connectivity index (χ3v) is 5.12. The van der Waals surface area contributed by atoms with E-state index < -0.39 is 12.0 Å². The summed E-state index contributed by atoms with van der Waals surface area (Å²) in [6.45, 7) is 4.10. The summed E-state index contributed by atoms with van der Waals surface area (Å²) in [5.74, 6) is -0.873. The van der Waals surface area contributed by atoms with Gasteiger partial charge in [-0.05, 0) is 24.3 Å². The molecule has 0 spiro atoms. The molecule has 1 aliphatic carbocycles. The fourth-order valence-corrected chi connectivity index (χ4v) is 3.19. The van der Waals surface area contributed by atoms with Crippen LogP contribution >= 0.6 is 0 Å². The van der Waals surface area contributed by atoms with Crippen LogP contribution in [0.2, 0.25) is 0 Å². The van der Waals surface area contributed by atoms with Crippen LogP contribution in [0.15, 0.2) is 60.7 Å². The Kier molecular flexibility index (Phi) is 6.28. The fourth-order valence-electron chi connectivity index (χ4n) is 3.19. The Labute approximate surface area is 160 Å². The minimum atomic E-state index is -0.922. The number of esters is 1. The molecule has 1 N–H and O–H groups in total. The minimum Gasteiger partial charge on any atom is -0.447 e. The van der Waals surface area contributed by atoms with E-state index in [2.05, 4.69) is 12.2 Å². The van der Waals surface area contributed by atoms with Gasteiger partial charge >= 0.3 is 5.97 Å². The normalized spacial score (nSPS) is 16.8. The van der Waals surface area contributed by atoms with Crippen molar-refractivity contribution in [3.05, 3.63) is 71.8 Å². The van der Waals surface area contributed by atoms with Gasteiger partial charge in [0.1, 0.15) is 0 Å². The zero-order chi connectivity index (χ0) is 19.2. The van der Waals surface area contributed by atoms with Gasteiger partial charge < -0.3 is 10.1 Å². The van der Waals surface area contributed by atoms with Crippen LogP contribution in [0.25, 0.3) is 0 Å². The Hall–Kier alpha value is -2.62. The van der Waals surface area contributed by atoms with Crippen LogP contribution in [0.5, 0.6) is 0 Å². The molecule has 0 radical (unpaired) electrons. The van der Waals surface area contributed by atoms with Gasteiger partial charge in [0, 0.05) is 11.6 Å². The number of ether oxygens (including phenoxy) is 1. The summed E-state index contributed by atoms with van der Waals surface area (Å²) >= 11 is 0. The van der Waals surface area contributed by atoms with E-state index in [9.17, 15) is 9.59 Å². The van der Waals surface area contributed by atoms with Crippen LogP contribution < -0.4 is 5.32 Å². The summed E-state index contributed by atoms with van der Waals surface area (Å²) in [6, 6.07) is 19.1. The number of nitrogens with one attached hydrogen (secondary N) is 1. The molecule has 1 saturated carbocycles. The Balaban J connectivity index is 1.84. The molecule has 3 atom stereocenters. The third-order valence-electron chi connectivity index (χ3n) is 5.12. The minimum absolute atomic E-state index is 0.114. The molecule has 1 fully saturated rings. The largest absolute Gasteiger partial charge is 0.447 e. The zero-order valence-corrected chi connectivity index (χ0v) is 15.9. The van der Waals surface area contributed by atoms with E-state index in [0.717, 1.165) is 24.8 Å². The van der Waals surface area contributed by atoms with Crippen molar-refractivity contribution in [2.75, 3.05) is 0 Å². The Bertz CT molecular complexity index is 756. The second-order valence-corrected chi connectivity index (χ2v) is 7.28. The molecular weight excluding hydrogens is 338 g/mol. The fraction of sp³-hybridized carbons (Fsp3) is 0.391. The van der Waals surface area contributed by atoms with Gasteiger partial charge in [-0.15, -0.1) is 0 Å². The molecule has 0 heterocycles. The summed E-state index contributed by atoms with van der Waals surface area (Å²) in [4.78, 5) is 25.9. The molecule has 1 aliphatic rings. The van der Waals surface area contributed by atoms with Gasteiger partial charge in [-0.1, -0.05) is 80.9 Å². The molecule has 2 aromatic carbocycles. The van der Waals surface area contributed by atoms with Crippen molar-refractivity contribution in [1.82, 2.24) is 5.32 Å². The van der Waals surface area contributed by atoms with Gasteiger partial charge in [-0.3, -0.25) is 9.59 Å². The van der Waals surface area contributed by atoms with Crippen molar-refractivity contribution in [2.24, 2.45) is 5.92 Å². The Morgan fingerprint density at radius 2 is 1.56 bits per heavy atom. The molecule has 0 aliphatic heterocycles. The Morgan fingerprint density at radius 1 is 1.00 bits per heavy atom. The van der Waals surface area contributed by atoms with Crippen LogP contribution in [0, 0.1) is 5.92 Å². The highest BCUT2D eigenvalue weighted by Gasteiger charge is 2.34. The summed E-state index contributed by atoms with van der Waals surface area (Å²) in [5.41, 5.74) is 1.62. The molecule has 1 amide bonds. The molecule has 4 nitrogen and oxygen atoms in total. The highest BCUT2D eigenvalue weighted by Crippen LogP contribution is 2.31. The van der Waals surface area contributed by atoms with Gasteiger partial charge in [-0.25, -0.2) is 0 Å². The highest BCUT2D eigenvalue weighted by molar-refractivity contribution is 5.87. The summed E-state index contributed by atoms with van der Waals surface area (Å²) in [7, 11) is 0. The van der Waals surface area contributed by atoms with E-state index in [1.165, 1.54) is 0 Å². The van der Waals surface area contributed by atoms with Crippen LogP contribution in [-0.2, 0) is 14.3 Å². The lowest BCUT2D eigenvalue weighted by Crippen LogP contribution is -2.35. The lowest BCUT2D eigenvalue weighted by atomic mass is 9.85. The first-order valence-corrected chi connectivity index (χ1v) is 9.71. The van der Waals surface area contributed by atoms with Crippen molar-refractivity contribution < 1.29 is 14.3 Å². The first-order valence-electron chi connectivity index (χ1n) is 9.71. The van der Waals surface area contributed by atoms with Crippen molar-refractivity contribution in [3.8, 4) is 0 Å². The average Bonchev–Trinajstić information content (AvgIpc) is 3.51. The number of hydrogen-bond donors (Lipinski definition) is 1. The third kappa shape index (κ3) is 4.97. The van der Waals surface area contributed by atoms with Gasteiger partial charge in [-0.2, -0.15) is 0 Å². The molecule has 0 saturated heterocycles. The topological polar surface area (TPSA) is 55.4 Å². The van der Waals surface area contributed by atoms with E-state index >= 15 is 0 Å². The molecule has 3 rings (SSSR count). The lowest BCUT2D eigenvalue weighted by molar-refractivity contribution is -0.159. The maximum Gasteiger partial charge on any atom is 0.314 e. The van der Waals surface area contributed by atoms with Crippen molar-refractivity contribution in [1.29, 1.82) is 0 Å². The van der Waals surface area contributed by atoms with Crippen molar-refractivity contribution in [3.63, 3.8) is 0 Å². The zero-order valence-electron chi connectivity index (χ0n) is 15.9. The Morgan fingerprint density at radius 3 is 2.07 bits per heavy atom. The van der Waals surface area contributed by atoms with Gasteiger partial charge in [0.15, 0.2) is 0 Å². The van der Waals surface area contributed by atoms with E-state index in [1.54, 1.807) is 0 Å². The molecule has 0 bridgehead atoms. The molecule has 0 unspecified atom stereocenters. The molecule has 142 valence electrons. The second kappa shape index (κ2) is 8.85. The van der Waals surface area contributed by atoms with Gasteiger partial charge in [0.25, 0.3) is 5.91 Å². The van der Waals surface area contributed by atoms with Crippen LogP contribution in [-0.4, -0.2) is 17.9 Å². The van der Waals surface area contributed by atoms with Crippen LogP contribution in [0.3, 0.4) is 0 Å². The first-order chi connectivity index (χ1) is 13.1. The number of rotatable bonds is 8. The molecular formula is C23H27NO3. The molecule has 2 aromatic rings. The van der Waals surface area contributed by atoms with Crippen molar-refractivity contribution >= 4 is 11.9 Å². The standard InChI is InChI=1S/C23H27NO3/c1-3-16(2)20(17-10-6-4-7-11-17)23(26)27-21(18-12-8-5-9-13-18)22(25)24-19-14-15-19/h4-13,16,19-21H,3,14-15H2,1-2H3,(H,24,25)/t16-,20+,21+/m1/s1. The molecule has 27 heavy (non-hydrogen) atoms. The van der Waals surface area contributed by atoms with Crippen molar-refractivity contribution in [2.45, 2.75) is 51.2 Å². The lowest BCUT2D eigenvalue weighted by Gasteiger charge is -2.25. The summed E-state index contributed by atoms with van der Waals surface area (Å²) < 4.78 is 5.82. The SMILES string of the molecule is CC[C@@H](C)[C@H](C(=O)O[C@H](C(=O)NC1CC1)c1ccccc1)c1ccccc1. The smallest absolute Gasteiger partial charge is 0.314 e.